The van der Waals surface area contributed by atoms with Crippen molar-refractivity contribution in [3.63, 3.8) is 0 Å². The van der Waals surface area contributed by atoms with Crippen LogP contribution >= 0.6 is 11.6 Å². The maximum absolute atomic E-state index is 12.0. The highest BCUT2D eigenvalue weighted by Gasteiger charge is 2.25. The van der Waals surface area contributed by atoms with Crippen LogP contribution in [-0.2, 0) is 17.9 Å². The number of hydrogen-bond acceptors (Lipinski definition) is 3. The Bertz CT molecular complexity index is 736. The molecule has 0 radical (unpaired) electrons. The highest BCUT2D eigenvalue weighted by Crippen LogP contribution is 2.38. The average molecular weight is 318 g/mol. The molecule has 0 atom stereocenters. The monoisotopic (exact) mass is 317 g/mol. The quantitative estimate of drug-likeness (QED) is 0.918. The van der Waals surface area contributed by atoms with Crippen molar-refractivity contribution in [2.75, 3.05) is 0 Å². The predicted molar refractivity (Wildman–Crippen MR) is 83.8 cm³/mol. The van der Waals surface area contributed by atoms with Gasteiger partial charge in [-0.05, 0) is 36.6 Å². The zero-order valence-corrected chi connectivity index (χ0v) is 12.7. The molecule has 0 aliphatic heterocycles. The fraction of sp³-hybridized carbons (Fsp3) is 0.312. The summed E-state index contributed by atoms with van der Waals surface area (Å²) in [5, 5.41) is 7.70. The van der Waals surface area contributed by atoms with Gasteiger partial charge < -0.3 is 5.32 Å². The van der Waals surface area contributed by atoms with Crippen LogP contribution in [0.15, 0.2) is 41.2 Å². The minimum atomic E-state index is -0.258. The molecule has 1 aliphatic rings. The molecule has 0 saturated heterocycles. The summed E-state index contributed by atoms with van der Waals surface area (Å²) in [5.74, 6) is 0.210. The van der Waals surface area contributed by atoms with E-state index in [1.807, 2.05) is 12.1 Å². The van der Waals surface area contributed by atoms with Gasteiger partial charge in [0, 0.05) is 23.6 Å². The maximum Gasteiger partial charge on any atom is 0.267 e. The average Bonchev–Trinajstić information content (AvgIpc) is 3.34. The number of nitrogens with zero attached hydrogens (tertiary/aromatic N) is 2. The van der Waals surface area contributed by atoms with Crippen molar-refractivity contribution < 1.29 is 4.79 Å². The Kier molecular flexibility index (Phi) is 4.24. The summed E-state index contributed by atoms with van der Waals surface area (Å²) in [5.41, 5.74) is 1.58. The normalized spacial score (nSPS) is 13.9. The third-order valence-electron chi connectivity index (χ3n) is 3.58. The highest BCUT2D eigenvalue weighted by molar-refractivity contribution is 6.30. The Morgan fingerprint density at radius 2 is 1.95 bits per heavy atom. The second kappa shape index (κ2) is 6.32. The molecule has 1 N–H and O–H groups in total. The predicted octanol–water partition coefficient (Wildman–Crippen LogP) is 2.09. The third-order valence-corrected chi connectivity index (χ3v) is 3.83. The molecule has 1 fully saturated rings. The number of nitrogens with one attached hydrogen (secondary N) is 1. The lowest BCUT2D eigenvalue weighted by molar-refractivity contribution is -0.122. The third kappa shape index (κ3) is 3.74. The second-order valence-electron chi connectivity index (χ2n) is 5.43. The summed E-state index contributed by atoms with van der Waals surface area (Å²) >= 11 is 5.81. The fourth-order valence-electron chi connectivity index (χ4n) is 2.17. The Morgan fingerprint density at radius 3 is 2.64 bits per heavy atom. The molecule has 6 heteroatoms. The number of hydrogen-bond donors (Lipinski definition) is 1. The molecule has 0 bridgehead atoms. The second-order valence-corrected chi connectivity index (χ2v) is 5.87. The van der Waals surface area contributed by atoms with Gasteiger partial charge >= 0.3 is 0 Å². The number of carbonyl (C=O) groups is 1. The number of aromatic nitrogens is 2. The molecule has 1 amide bonds. The number of amides is 1. The van der Waals surface area contributed by atoms with Gasteiger partial charge in [0.25, 0.3) is 5.56 Å². The van der Waals surface area contributed by atoms with Crippen molar-refractivity contribution in [2.45, 2.75) is 31.8 Å². The van der Waals surface area contributed by atoms with Crippen LogP contribution < -0.4 is 10.9 Å². The molecule has 2 aromatic rings. The minimum absolute atomic E-state index is 0.0625. The van der Waals surface area contributed by atoms with Crippen LogP contribution in [0.3, 0.4) is 0 Å². The Morgan fingerprint density at radius 1 is 1.23 bits per heavy atom. The van der Waals surface area contributed by atoms with Gasteiger partial charge in [0.05, 0.1) is 5.69 Å². The van der Waals surface area contributed by atoms with E-state index in [-0.39, 0.29) is 18.0 Å². The molecule has 1 aliphatic carbocycles. The Balaban J connectivity index is 1.60. The molecule has 22 heavy (non-hydrogen) atoms. The van der Waals surface area contributed by atoms with Crippen molar-refractivity contribution in [3.05, 3.63) is 63.0 Å². The van der Waals surface area contributed by atoms with Crippen molar-refractivity contribution in [1.29, 1.82) is 0 Å². The molecule has 1 aromatic heterocycles. The number of rotatable bonds is 5. The summed E-state index contributed by atoms with van der Waals surface area (Å²) in [6, 6.07) is 10.5. The van der Waals surface area contributed by atoms with E-state index in [9.17, 15) is 9.59 Å². The molecule has 1 saturated carbocycles. The first kappa shape index (κ1) is 14.8. The van der Waals surface area contributed by atoms with E-state index < -0.39 is 0 Å². The van der Waals surface area contributed by atoms with Gasteiger partial charge in [-0.15, -0.1) is 0 Å². The van der Waals surface area contributed by atoms with Crippen LogP contribution in [0.2, 0.25) is 5.02 Å². The van der Waals surface area contributed by atoms with Crippen molar-refractivity contribution in [2.24, 2.45) is 0 Å². The lowest BCUT2D eigenvalue weighted by Gasteiger charge is -2.08. The van der Waals surface area contributed by atoms with E-state index in [1.54, 1.807) is 18.2 Å². The van der Waals surface area contributed by atoms with Gasteiger partial charge in [0.15, 0.2) is 0 Å². The largest absolute Gasteiger partial charge is 0.350 e. The number of halogens is 1. The zero-order valence-electron chi connectivity index (χ0n) is 12.0. The Hall–Kier alpha value is -2.14. The summed E-state index contributed by atoms with van der Waals surface area (Å²) in [7, 11) is 0. The standard InChI is InChI=1S/C16H16ClN3O2/c17-13-5-1-11(2-6-13)9-18-15(21)10-20-16(22)8-7-14(19-20)12-3-4-12/h1-2,5-8,12H,3-4,9-10H2,(H,18,21). The van der Waals surface area contributed by atoms with E-state index in [1.165, 1.54) is 10.7 Å². The summed E-state index contributed by atoms with van der Waals surface area (Å²) in [4.78, 5) is 23.7. The topological polar surface area (TPSA) is 64.0 Å². The maximum atomic E-state index is 12.0. The molecule has 1 heterocycles. The highest BCUT2D eigenvalue weighted by atomic mass is 35.5. The number of benzene rings is 1. The summed E-state index contributed by atoms with van der Waals surface area (Å²) in [6.07, 6.45) is 2.21. The first-order valence-corrected chi connectivity index (χ1v) is 7.59. The van der Waals surface area contributed by atoms with E-state index in [2.05, 4.69) is 10.4 Å². The molecule has 5 nitrogen and oxygen atoms in total. The van der Waals surface area contributed by atoms with Gasteiger partial charge in [-0.25, -0.2) is 4.68 Å². The first-order chi connectivity index (χ1) is 10.6. The minimum Gasteiger partial charge on any atom is -0.350 e. The first-order valence-electron chi connectivity index (χ1n) is 7.21. The van der Waals surface area contributed by atoms with Crippen molar-refractivity contribution in [1.82, 2.24) is 15.1 Å². The van der Waals surface area contributed by atoms with Crippen molar-refractivity contribution >= 4 is 17.5 Å². The number of carbonyl (C=O) groups excluding carboxylic acids is 1. The van der Waals surface area contributed by atoms with E-state index in [0.29, 0.717) is 17.5 Å². The fourth-order valence-corrected chi connectivity index (χ4v) is 2.30. The van der Waals surface area contributed by atoms with Gasteiger partial charge in [0.1, 0.15) is 6.54 Å². The van der Waals surface area contributed by atoms with Gasteiger partial charge in [-0.1, -0.05) is 23.7 Å². The van der Waals surface area contributed by atoms with Crippen LogP contribution in [-0.4, -0.2) is 15.7 Å². The molecule has 0 spiro atoms. The lowest BCUT2D eigenvalue weighted by atomic mass is 10.2. The summed E-state index contributed by atoms with van der Waals surface area (Å²) < 4.78 is 1.23. The van der Waals surface area contributed by atoms with Gasteiger partial charge in [0.2, 0.25) is 5.91 Å². The van der Waals surface area contributed by atoms with Gasteiger partial charge in [-0.2, -0.15) is 5.10 Å². The lowest BCUT2D eigenvalue weighted by Crippen LogP contribution is -2.33. The van der Waals surface area contributed by atoms with Crippen LogP contribution in [0.25, 0.3) is 0 Å². The van der Waals surface area contributed by atoms with Gasteiger partial charge in [-0.3, -0.25) is 9.59 Å². The van der Waals surface area contributed by atoms with Crippen LogP contribution in [0.1, 0.15) is 30.0 Å². The zero-order chi connectivity index (χ0) is 15.5. The van der Waals surface area contributed by atoms with E-state index in [4.69, 9.17) is 11.6 Å². The molecular formula is C16H16ClN3O2. The van der Waals surface area contributed by atoms with Crippen molar-refractivity contribution in [3.8, 4) is 0 Å². The molecular weight excluding hydrogens is 302 g/mol. The van der Waals surface area contributed by atoms with E-state index >= 15 is 0 Å². The van der Waals surface area contributed by atoms with Crippen LogP contribution in [0.5, 0.6) is 0 Å². The molecule has 3 rings (SSSR count). The van der Waals surface area contributed by atoms with Crippen LogP contribution in [0, 0.1) is 0 Å². The SMILES string of the molecule is O=C(Cn1nc(C2CC2)ccc1=O)NCc1ccc(Cl)cc1. The summed E-state index contributed by atoms with van der Waals surface area (Å²) in [6.45, 7) is 0.333. The molecule has 114 valence electrons. The Labute approximate surface area is 132 Å². The van der Waals surface area contributed by atoms with Crippen LogP contribution in [0.4, 0.5) is 0 Å². The van der Waals surface area contributed by atoms with E-state index in [0.717, 1.165) is 24.1 Å². The molecule has 0 unspecified atom stereocenters. The smallest absolute Gasteiger partial charge is 0.267 e. The molecule has 1 aromatic carbocycles.